The third kappa shape index (κ3) is 6.26. The maximum atomic E-state index is 13.8. The average Bonchev–Trinajstić information content (AvgIpc) is 2.93. The number of halogens is 4. The van der Waals surface area contributed by atoms with E-state index in [4.69, 9.17) is 51.1 Å². The zero-order valence-electron chi connectivity index (χ0n) is 21.6. The molecule has 0 saturated carbocycles. The molecular formula is C32H26Cl4N2O2. The lowest BCUT2D eigenvalue weighted by molar-refractivity contribution is -0.139. The van der Waals surface area contributed by atoms with Crippen LogP contribution in [-0.2, 0) is 9.53 Å². The van der Waals surface area contributed by atoms with Gasteiger partial charge in [-0.3, -0.25) is 0 Å². The normalized spacial score (nSPS) is 17.1. The van der Waals surface area contributed by atoms with E-state index in [1.54, 1.807) is 6.92 Å². The number of nitrogens with zero attached hydrogens (tertiary/aromatic N) is 1. The van der Waals surface area contributed by atoms with E-state index in [0.29, 0.717) is 32.1 Å². The van der Waals surface area contributed by atoms with Crippen LogP contribution in [-0.4, -0.2) is 12.6 Å². The number of hydrogen-bond donors (Lipinski definition) is 1. The molecule has 0 unspecified atom stereocenters. The average molecular weight is 612 g/mol. The molecule has 4 nitrogen and oxygen atoms in total. The molecule has 204 valence electrons. The Morgan fingerprint density at radius 1 is 0.800 bits per heavy atom. The summed E-state index contributed by atoms with van der Waals surface area (Å²) in [6.45, 7) is 2.03. The van der Waals surface area contributed by atoms with Crippen molar-refractivity contribution in [2.75, 3.05) is 16.8 Å². The molecule has 0 fully saturated rings. The Kier molecular flexibility index (Phi) is 8.92. The minimum absolute atomic E-state index is 0.198. The van der Waals surface area contributed by atoms with Crippen LogP contribution in [0.2, 0.25) is 20.1 Å². The Morgan fingerprint density at radius 2 is 1.40 bits per heavy atom. The second-order valence-electron chi connectivity index (χ2n) is 9.36. The van der Waals surface area contributed by atoms with Crippen LogP contribution in [0.5, 0.6) is 0 Å². The first kappa shape index (κ1) is 28.4. The summed E-state index contributed by atoms with van der Waals surface area (Å²) in [4.78, 5) is 16.0. The fraction of sp³-hybridized carbons (Fsp3) is 0.156. The lowest BCUT2D eigenvalue weighted by Gasteiger charge is -2.46. The second-order valence-corrected chi connectivity index (χ2v) is 11.1. The topological polar surface area (TPSA) is 41.6 Å². The van der Waals surface area contributed by atoms with E-state index in [2.05, 4.69) is 10.2 Å². The molecule has 0 bridgehead atoms. The Hall–Kier alpha value is -3.15. The molecule has 5 rings (SSSR count). The van der Waals surface area contributed by atoms with Gasteiger partial charge in [-0.2, -0.15) is 0 Å². The first-order valence-electron chi connectivity index (χ1n) is 12.8. The van der Waals surface area contributed by atoms with Gasteiger partial charge < -0.3 is 15.0 Å². The maximum Gasteiger partial charge on any atom is 0.338 e. The standard InChI is InChI=1S/C32H26Cl4N2O2/c1-2-40-32(39)30-28(37-26-7-3-5-24(35)17-26)19-29(20-9-13-22(33)14-10-20)38(27-8-4-6-25(36)18-27)31(30)21-11-15-23(34)16-12-21/h3-18,29,31,37H,2,19H2,1H3/t29-,31+/m0/s1. The van der Waals surface area contributed by atoms with Crippen molar-refractivity contribution in [2.24, 2.45) is 0 Å². The number of esters is 1. The summed E-state index contributed by atoms with van der Waals surface area (Å²) in [5, 5.41) is 5.92. The smallest absolute Gasteiger partial charge is 0.338 e. The zero-order valence-corrected chi connectivity index (χ0v) is 24.6. The van der Waals surface area contributed by atoms with E-state index >= 15 is 0 Å². The van der Waals surface area contributed by atoms with Gasteiger partial charge in [-0.15, -0.1) is 0 Å². The van der Waals surface area contributed by atoms with Crippen molar-refractivity contribution in [1.82, 2.24) is 0 Å². The van der Waals surface area contributed by atoms with Crippen molar-refractivity contribution >= 4 is 63.7 Å². The van der Waals surface area contributed by atoms with E-state index in [-0.39, 0.29) is 12.6 Å². The number of nitrogens with one attached hydrogen (secondary N) is 1. The number of hydrogen-bond acceptors (Lipinski definition) is 4. The summed E-state index contributed by atoms with van der Waals surface area (Å²) < 4.78 is 5.65. The Balaban J connectivity index is 1.79. The van der Waals surface area contributed by atoms with E-state index < -0.39 is 12.0 Å². The highest BCUT2D eigenvalue weighted by atomic mass is 35.5. The van der Waals surface area contributed by atoms with Crippen molar-refractivity contribution in [1.29, 1.82) is 0 Å². The molecule has 1 aliphatic rings. The van der Waals surface area contributed by atoms with Crippen LogP contribution in [0.3, 0.4) is 0 Å². The molecule has 4 aromatic rings. The molecule has 0 aliphatic carbocycles. The van der Waals surface area contributed by atoms with Crippen molar-refractivity contribution in [3.8, 4) is 0 Å². The Morgan fingerprint density at radius 3 is 2.00 bits per heavy atom. The highest BCUT2D eigenvalue weighted by molar-refractivity contribution is 6.31. The predicted molar refractivity (Wildman–Crippen MR) is 166 cm³/mol. The zero-order chi connectivity index (χ0) is 28.2. The molecule has 0 saturated heterocycles. The highest BCUT2D eigenvalue weighted by Gasteiger charge is 2.42. The number of rotatable bonds is 7. The van der Waals surface area contributed by atoms with Gasteiger partial charge in [-0.05, 0) is 78.7 Å². The van der Waals surface area contributed by atoms with E-state index in [1.165, 1.54) is 0 Å². The van der Waals surface area contributed by atoms with Crippen LogP contribution in [0.25, 0.3) is 0 Å². The summed E-state index contributed by atoms with van der Waals surface area (Å²) in [6.07, 6.45) is 0.471. The van der Waals surface area contributed by atoms with Gasteiger partial charge in [0.05, 0.1) is 24.3 Å². The fourth-order valence-electron chi connectivity index (χ4n) is 5.09. The fourth-order valence-corrected chi connectivity index (χ4v) is 5.72. The van der Waals surface area contributed by atoms with Crippen molar-refractivity contribution < 1.29 is 9.53 Å². The number of benzene rings is 4. The van der Waals surface area contributed by atoms with Gasteiger partial charge in [0, 0.05) is 43.6 Å². The monoisotopic (exact) mass is 610 g/mol. The molecule has 8 heteroatoms. The predicted octanol–water partition coefficient (Wildman–Crippen LogP) is 9.92. The molecule has 0 spiro atoms. The van der Waals surface area contributed by atoms with Crippen LogP contribution >= 0.6 is 46.4 Å². The summed E-state index contributed by atoms with van der Waals surface area (Å²) in [6, 6.07) is 29.6. The lowest BCUT2D eigenvalue weighted by Crippen LogP contribution is -2.41. The summed E-state index contributed by atoms with van der Waals surface area (Å²) >= 11 is 25.4. The molecule has 0 aromatic heterocycles. The third-order valence-corrected chi connectivity index (χ3v) is 7.75. The van der Waals surface area contributed by atoms with Gasteiger partial charge in [-0.1, -0.05) is 82.8 Å². The minimum atomic E-state index is -0.536. The van der Waals surface area contributed by atoms with Gasteiger partial charge in [-0.25, -0.2) is 4.79 Å². The number of ether oxygens (including phenoxy) is 1. The van der Waals surface area contributed by atoms with Crippen molar-refractivity contribution in [2.45, 2.75) is 25.4 Å². The van der Waals surface area contributed by atoms with Crippen LogP contribution in [0.1, 0.15) is 36.6 Å². The molecule has 0 radical (unpaired) electrons. The maximum absolute atomic E-state index is 13.8. The van der Waals surface area contributed by atoms with Crippen LogP contribution in [0, 0.1) is 0 Å². The summed E-state index contributed by atoms with van der Waals surface area (Å²) in [5.74, 6) is -0.409. The molecule has 4 aromatic carbocycles. The highest BCUT2D eigenvalue weighted by Crippen LogP contribution is 2.48. The molecule has 1 heterocycles. The van der Waals surface area contributed by atoms with Crippen LogP contribution < -0.4 is 10.2 Å². The van der Waals surface area contributed by atoms with Gasteiger partial charge in [0.2, 0.25) is 0 Å². The first-order valence-corrected chi connectivity index (χ1v) is 14.3. The Labute approximate surface area is 254 Å². The summed E-state index contributed by atoms with van der Waals surface area (Å²) in [7, 11) is 0. The molecule has 0 amide bonds. The molecule has 2 atom stereocenters. The van der Waals surface area contributed by atoms with Gasteiger partial charge in [0.1, 0.15) is 0 Å². The van der Waals surface area contributed by atoms with Crippen LogP contribution in [0.15, 0.2) is 108 Å². The SMILES string of the molecule is CCOC(=O)C1=C(Nc2cccc(Cl)c2)C[C@@H](c2ccc(Cl)cc2)N(c2cccc(Cl)c2)[C@@H]1c1ccc(Cl)cc1. The molecular weight excluding hydrogens is 586 g/mol. The quantitative estimate of drug-likeness (QED) is 0.211. The summed E-state index contributed by atoms with van der Waals surface area (Å²) in [5.41, 5.74) is 4.75. The van der Waals surface area contributed by atoms with Crippen molar-refractivity contribution in [3.63, 3.8) is 0 Å². The largest absolute Gasteiger partial charge is 0.463 e. The molecule has 1 N–H and O–H groups in total. The van der Waals surface area contributed by atoms with Gasteiger partial charge >= 0.3 is 5.97 Å². The number of carbonyl (C=O) groups is 1. The van der Waals surface area contributed by atoms with Gasteiger partial charge in [0.15, 0.2) is 0 Å². The van der Waals surface area contributed by atoms with Crippen molar-refractivity contribution in [3.05, 3.63) is 140 Å². The second kappa shape index (κ2) is 12.6. The first-order chi connectivity index (χ1) is 19.3. The minimum Gasteiger partial charge on any atom is -0.463 e. The van der Waals surface area contributed by atoms with Crippen LogP contribution in [0.4, 0.5) is 11.4 Å². The van der Waals surface area contributed by atoms with Gasteiger partial charge in [0.25, 0.3) is 0 Å². The van der Waals surface area contributed by atoms with E-state index in [9.17, 15) is 4.79 Å². The molecule has 40 heavy (non-hydrogen) atoms. The number of anilines is 2. The lowest BCUT2D eigenvalue weighted by atomic mass is 9.84. The van der Waals surface area contributed by atoms with E-state index in [0.717, 1.165) is 28.2 Å². The van der Waals surface area contributed by atoms with E-state index in [1.807, 2.05) is 97.1 Å². The Bertz CT molecular complexity index is 1540. The number of carbonyl (C=O) groups excluding carboxylic acids is 1. The third-order valence-electron chi connectivity index (χ3n) is 6.77. The molecule has 1 aliphatic heterocycles.